The maximum atomic E-state index is 13.0. The Hall–Kier alpha value is -2.99. The fraction of sp³-hybridized carbons (Fsp3) is 0.200. The minimum absolute atomic E-state index is 0.0338. The predicted octanol–water partition coefficient (Wildman–Crippen LogP) is 3.70. The topological polar surface area (TPSA) is 69.6 Å². The molecule has 0 saturated heterocycles. The number of aromatic nitrogens is 1. The van der Waals surface area contributed by atoms with E-state index in [1.807, 2.05) is 11.5 Å². The Labute approximate surface area is 160 Å². The van der Waals surface area contributed by atoms with Crippen molar-refractivity contribution in [2.24, 2.45) is 0 Å². The number of carbonyl (C=O) groups is 1. The maximum absolute atomic E-state index is 13.0. The van der Waals surface area contributed by atoms with Crippen molar-refractivity contribution in [3.8, 4) is 11.5 Å². The van der Waals surface area contributed by atoms with Gasteiger partial charge in [-0.05, 0) is 43.3 Å². The van der Waals surface area contributed by atoms with E-state index in [0.717, 1.165) is 0 Å². The molecular weight excluding hydrogens is 368 g/mol. The smallest absolute Gasteiger partial charge is 0.261 e. The molecule has 0 radical (unpaired) electrons. The van der Waals surface area contributed by atoms with Gasteiger partial charge in [0.2, 0.25) is 5.43 Å². The van der Waals surface area contributed by atoms with E-state index in [1.165, 1.54) is 0 Å². The molecule has 0 saturated carbocycles. The minimum Gasteiger partial charge on any atom is -0.497 e. The number of rotatable bonds is 3. The van der Waals surface area contributed by atoms with Gasteiger partial charge in [-0.3, -0.25) is 9.59 Å². The van der Waals surface area contributed by atoms with Gasteiger partial charge in [-0.25, -0.2) is 0 Å². The Balaban J connectivity index is 1.80. The third-order valence-electron chi connectivity index (χ3n) is 4.51. The van der Waals surface area contributed by atoms with Crippen molar-refractivity contribution < 1.29 is 14.3 Å². The summed E-state index contributed by atoms with van der Waals surface area (Å²) in [5, 5.41) is 3.34. The van der Waals surface area contributed by atoms with E-state index < -0.39 is 11.3 Å². The van der Waals surface area contributed by atoms with Crippen LogP contribution in [0.3, 0.4) is 0 Å². The van der Waals surface area contributed by atoms with Crippen molar-refractivity contribution in [1.82, 2.24) is 4.57 Å². The molecule has 4 rings (SSSR count). The average molecular weight is 385 g/mol. The first-order chi connectivity index (χ1) is 13.0. The quantitative estimate of drug-likeness (QED) is 0.747. The lowest BCUT2D eigenvalue weighted by atomic mass is 10.1. The van der Waals surface area contributed by atoms with E-state index in [1.54, 1.807) is 49.7 Å². The molecule has 1 aromatic heterocycles. The Bertz CT molecular complexity index is 1110. The lowest BCUT2D eigenvalue weighted by Gasteiger charge is -2.26. The fourth-order valence-electron chi connectivity index (χ4n) is 3.27. The molecule has 0 aliphatic carbocycles. The van der Waals surface area contributed by atoms with Gasteiger partial charge in [0, 0.05) is 11.9 Å². The number of hydrogen-bond acceptors (Lipinski definition) is 4. The van der Waals surface area contributed by atoms with Crippen molar-refractivity contribution >= 4 is 34.1 Å². The molecule has 3 aromatic rings. The Morgan fingerprint density at radius 3 is 2.70 bits per heavy atom. The molecule has 1 aliphatic heterocycles. The summed E-state index contributed by atoms with van der Waals surface area (Å²) in [6, 6.07) is 10.2. The molecule has 0 fully saturated rings. The van der Waals surface area contributed by atoms with Crippen LogP contribution < -0.4 is 20.2 Å². The van der Waals surface area contributed by atoms with Crippen LogP contribution in [-0.2, 0) is 6.54 Å². The second-order valence-corrected chi connectivity index (χ2v) is 6.81. The number of carbonyl (C=O) groups excluding carboxylic acids is 1. The van der Waals surface area contributed by atoms with Crippen LogP contribution in [0.2, 0.25) is 5.02 Å². The lowest BCUT2D eigenvalue weighted by Crippen LogP contribution is -2.30. The van der Waals surface area contributed by atoms with Gasteiger partial charge in [-0.2, -0.15) is 0 Å². The first-order valence-corrected chi connectivity index (χ1v) is 8.83. The number of hydrogen-bond donors (Lipinski definition) is 1. The molecule has 1 amide bonds. The van der Waals surface area contributed by atoms with Crippen LogP contribution in [0, 0.1) is 0 Å². The molecule has 1 unspecified atom stereocenters. The molecule has 138 valence electrons. The van der Waals surface area contributed by atoms with Crippen molar-refractivity contribution in [2.75, 3.05) is 12.4 Å². The van der Waals surface area contributed by atoms with Crippen LogP contribution >= 0.6 is 11.6 Å². The highest BCUT2D eigenvalue weighted by Crippen LogP contribution is 2.33. The van der Waals surface area contributed by atoms with Crippen molar-refractivity contribution in [3.63, 3.8) is 0 Å². The van der Waals surface area contributed by atoms with Crippen molar-refractivity contribution in [2.45, 2.75) is 19.6 Å². The van der Waals surface area contributed by atoms with Gasteiger partial charge in [-0.15, -0.1) is 0 Å². The predicted molar refractivity (Wildman–Crippen MR) is 104 cm³/mol. The summed E-state index contributed by atoms with van der Waals surface area (Å²) in [4.78, 5) is 25.7. The van der Waals surface area contributed by atoms with Crippen LogP contribution in [0.25, 0.3) is 10.9 Å². The molecule has 1 N–H and O–H groups in total. The highest BCUT2D eigenvalue weighted by molar-refractivity contribution is 6.35. The van der Waals surface area contributed by atoms with E-state index in [2.05, 4.69) is 5.32 Å². The lowest BCUT2D eigenvalue weighted by molar-refractivity contribution is 0.102. The van der Waals surface area contributed by atoms with E-state index in [9.17, 15) is 9.59 Å². The summed E-state index contributed by atoms with van der Waals surface area (Å²) >= 11 is 6.28. The van der Waals surface area contributed by atoms with E-state index >= 15 is 0 Å². The van der Waals surface area contributed by atoms with Gasteiger partial charge in [0.05, 0.1) is 29.6 Å². The summed E-state index contributed by atoms with van der Waals surface area (Å²) in [5.74, 6) is 0.778. The first kappa shape index (κ1) is 17.4. The molecule has 27 heavy (non-hydrogen) atoms. The third kappa shape index (κ3) is 3.02. The highest BCUT2D eigenvalue weighted by Gasteiger charge is 2.24. The molecule has 2 heterocycles. The maximum Gasteiger partial charge on any atom is 0.261 e. The molecule has 1 aliphatic rings. The Kier molecular flexibility index (Phi) is 4.28. The fourth-order valence-corrected chi connectivity index (χ4v) is 3.51. The third-order valence-corrected chi connectivity index (χ3v) is 4.82. The van der Waals surface area contributed by atoms with Crippen LogP contribution in [0.5, 0.6) is 11.5 Å². The summed E-state index contributed by atoms with van der Waals surface area (Å²) in [6.45, 7) is 2.45. The zero-order valence-corrected chi connectivity index (χ0v) is 15.5. The number of pyridine rings is 1. The number of nitrogens with one attached hydrogen (secondary N) is 1. The standard InChI is InChI=1S/C20H17ClN2O4/c1-11-9-23-10-14(20(25)22-12-3-5-13(26-2)6-4-12)19(24)17-15(21)7-8-16(27-11)18(17)23/h3-8,10-11H,9H2,1-2H3,(H,22,25). The molecule has 0 bridgehead atoms. The van der Waals surface area contributed by atoms with Gasteiger partial charge >= 0.3 is 0 Å². The average Bonchev–Trinajstić information content (AvgIpc) is 2.66. The monoisotopic (exact) mass is 384 g/mol. The second-order valence-electron chi connectivity index (χ2n) is 6.40. The largest absolute Gasteiger partial charge is 0.497 e. The van der Waals surface area contributed by atoms with Gasteiger partial charge in [0.25, 0.3) is 5.91 Å². The minimum atomic E-state index is -0.489. The van der Waals surface area contributed by atoms with Gasteiger partial charge in [0.1, 0.15) is 23.2 Å². The number of amides is 1. The summed E-state index contributed by atoms with van der Waals surface area (Å²) in [7, 11) is 1.57. The molecule has 0 spiro atoms. The molecule has 1 atom stereocenters. The number of methoxy groups -OCH3 is 1. The van der Waals surface area contributed by atoms with Gasteiger partial charge < -0.3 is 19.4 Å². The first-order valence-electron chi connectivity index (χ1n) is 8.45. The number of nitrogens with zero attached hydrogens (tertiary/aromatic N) is 1. The number of halogens is 1. The Morgan fingerprint density at radius 1 is 1.26 bits per heavy atom. The number of anilines is 1. The van der Waals surface area contributed by atoms with Gasteiger partial charge in [0.15, 0.2) is 0 Å². The number of benzene rings is 2. The zero-order valence-electron chi connectivity index (χ0n) is 14.8. The van der Waals surface area contributed by atoms with E-state index in [4.69, 9.17) is 21.1 Å². The molecule has 7 heteroatoms. The normalized spacial score (nSPS) is 15.3. The molecule has 2 aromatic carbocycles. The van der Waals surface area contributed by atoms with Crippen molar-refractivity contribution in [1.29, 1.82) is 0 Å². The molecule has 6 nitrogen and oxygen atoms in total. The van der Waals surface area contributed by atoms with Crippen LogP contribution in [-0.4, -0.2) is 23.7 Å². The van der Waals surface area contributed by atoms with Crippen LogP contribution in [0.1, 0.15) is 17.3 Å². The molecular formula is C20H17ClN2O4. The summed E-state index contributed by atoms with van der Waals surface area (Å²) in [6.07, 6.45) is 1.49. The van der Waals surface area contributed by atoms with E-state index in [-0.39, 0.29) is 11.7 Å². The number of ether oxygens (including phenoxy) is 2. The second kappa shape index (κ2) is 6.63. The summed E-state index contributed by atoms with van der Waals surface area (Å²) in [5.41, 5.74) is 0.797. The van der Waals surface area contributed by atoms with Crippen molar-refractivity contribution in [3.05, 3.63) is 63.4 Å². The highest BCUT2D eigenvalue weighted by atomic mass is 35.5. The summed E-state index contributed by atoms with van der Waals surface area (Å²) < 4.78 is 12.8. The van der Waals surface area contributed by atoms with E-state index in [0.29, 0.717) is 39.7 Å². The van der Waals surface area contributed by atoms with Crippen LogP contribution in [0.15, 0.2) is 47.4 Å². The van der Waals surface area contributed by atoms with Crippen LogP contribution in [0.4, 0.5) is 5.69 Å². The SMILES string of the molecule is COc1ccc(NC(=O)c2cn3c4c(ccc(Cl)c4c2=O)OC(C)C3)cc1. The Morgan fingerprint density at radius 2 is 2.00 bits per heavy atom. The zero-order chi connectivity index (χ0) is 19.1. The van der Waals surface area contributed by atoms with Gasteiger partial charge in [-0.1, -0.05) is 11.6 Å².